The smallest absolute Gasteiger partial charge is 0.0954 e. The lowest BCUT2D eigenvalue weighted by Crippen LogP contribution is -2.27. The van der Waals surface area contributed by atoms with Crippen LogP contribution in [0.4, 0.5) is 0 Å². The predicted octanol–water partition coefficient (Wildman–Crippen LogP) is 2.76. The Bertz CT molecular complexity index is 323. The molecule has 2 N–H and O–H groups in total. The van der Waals surface area contributed by atoms with Crippen LogP contribution in [0.2, 0.25) is 0 Å². The second-order valence-corrected chi connectivity index (χ2v) is 6.14. The Hall–Kier alpha value is -0.450. The van der Waals surface area contributed by atoms with E-state index in [-0.39, 0.29) is 6.10 Å². The summed E-state index contributed by atoms with van der Waals surface area (Å²) in [4.78, 5) is 4.54. The molecule has 0 amide bonds. The first-order chi connectivity index (χ1) is 7.99. The van der Waals surface area contributed by atoms with Crippen LogP contribution in [-0.4, -0.2) is 22.7 Å². The SMILES string of the molecule is CC(C)CC(O)CNCc1csc(C(C)C)n1. The minimum Gasteiger partial charge on any atom is -0.392 e. The third kappa shape index (κ3) is 5.61. The molecule has 1 aromatic rings. The van der Waals surface area contributed by atoms with E-state index < -0.39 is 0 Å². The lowest BCUT2D eigenvalue weighted by atomic mass is 10.1. The Labute approximate surface area is 108 Å². The van der Waals surface area contributed by atoms with E-state index in [1.165, 1.54) is 5.01 Å². The van der Waals surface area contributed by atoms with Crippen molar-refractivity contribution in [3.8, 4) is 0 Å². The summed E-state index contributed by atoms with van der Waals surface area (Å²) in [6.45, 7) is 9.95. The summed E-state index contributed by atoms with van der Waals surface area (Å²) in [6, 6.07) is 0. The highest BCUT2D eigenvalue weighted by Crippen LogP contribution is 2.18. The predicted molar refractivity (Wildman–Crippen MR) is 73.4 cm³/mol. The van der Waals surface area contributed by atoms with Crippen molar-refractivity contribution in [2.75, 3.05) is 6.54 Å². The number of aliphatic hydroxyl groups is 1. The summed E-state index contributed by atoms with van der Waals surface area (Å²) in [5.41, 5.74) is 1.08. The topological polar surface area (TPSA) is 45.1 Å². The molecule has 0 radical (unpaired) electrons. The lowest BCUT2D eigenvalue weighted by Gasteiger charge is -2.13. The molecule has 0 spiro atoms. The zero-order valence-corrected chi connectivity index (χ0v) is 12.0. The normalized spacial score (nSPS) is 13.6. The first-order valence-electron chi connectivity index (χ1n) is 6.32. The molecule has 0 aromatic carbocycles. The molecule has 0 saturated heterocycles. The number of aliphatic hydroxyl groups excluding tert-OH is 1. The summed E-state index contributed by atoms with van der Waals surface area (Å²) in [5.74, 6) is 1.04. The fourth-order valence-corrected chi connectivity index (χ4v) is 2.50. The highest BCUT2D eigenvalue weighted by atomic mass is 32.1. The van der Waals surface area contributed by atoms with Gasteiger partial charge in [-0.05, 0) is 12.3 Å². The van der Waals surface area contributed by atoms with Gasteiger partial charge in [0.2, 0.25) is 0 Å². The molecule has 1 rings (SSSR count). The minimum atomic E-state index is -0.252. The summed E-state index contributed by atoms with van der Waals surface area (Å²) in [6.07, 6.45) is 0.597. The molecule has 1 unspecified atom stereocenters. The molecule has 1 aromatic heterocycles. The van der Waals surface area contributed by atoms with Crippen molar-refractivity contribution in [3.63, 3.8) is 0 Å². The van der Waals surface area contributed by atoms with E-state index in [2.05, 4.69) is 43.4 Å². The molecule has 0 aliphatic heterocycles. The van der Waals surface area contributed by atoms with E-state index in [4.69, 9.17) is 0 Å². The van der Waals surface area contributed by atoms with Crippen molar-refractivity contribution in [1.82, 2.24) is 10.3 Å². The third-order valence-electron chi connectivity index (χ3n) is 2.49. The summed E-state index contributed by atoms with van der Waals surface area (Å²) in [5, 5.41) is 16.2. The van der Waals surface area contributed by atoms with Crippen molar-refractivity contribution in [1.29, 1.82) is 0 Å². The molecule has 4 heteroatoms. The summed E-state index contributed by atoms with van der Waals surface area (Å²) >= 11 is 1.71. The maximum absolute atomic E-state index is 9.71. The summed E-state index contributed by atoms with van der Waals surface area (Å²) < 4.78 is 0. The van der Waals surface area contributed by atoms with Gasteiger partial charge in [0, 0.05) is 24.4 Å². The van der Waals surface area contributed by atoms with Gasteiger partial charge in [-0.2, -0.15) is 0 Å². The van der Waals surface area contributed by atoms with Gasteiger partial charge in [-0.15, -0.1) is 11.3 Å². The van der Waals surface area contributed by atoms with E-state index in [1.807, 2.05) is 0 Å². The maximum atomic E-state index is 9.71. The highest BCUT2D eigenvalue weighted by Gasteiger charge is 2.08. The van der Waals surface area contributed by atoms with Gasteiger partial charge >= 0.3 is 0 Å². The van der Waals surface area contributed by atoms with Gasteiger partial charge in [0.25, 0.3) is 0 Å². The molecule has 0 saturated carbocycles. The average Bonchev–Trinajstić information content (AvgIpc) is 2.65. The van der Waals surface area contributed by atoms with Crippen LogP contribution in [0.5, 0.6) is 0 Å². The first kappa shape index (κ1) is 14.6. The number of hydrogen-bond donors (Lipinski definition) is 2. The number of rotatable bonds is 7. The minimum absolute atomic E-state index is 0.252. The van der Waals surface area contributed by atoms with Crippen LogP contribution in [-0.2, 0) is 6.54 Å². The first-order valence-corrected chi connectivity index (χ1v) is 7.20. The molecular weight excluding hydrogens is 232 g/mol. The van der Waals surface area contributed by atoms with Crippen LogP contribution in [0, 0.1) is 5.92 Å². The molecule has 0 fully saturated rings. The van der Waals surface area contributed by atoms with Gasteiger partial charge in [0.1, 0.15) is 0 Å². The van der Waals surface area contributed by atoms with Gasteiger partial charge in [0.05, 0.1) is 16.8 Å². The molecule has 0 aliphatic carbocycles. The molecule has 1 atom stereocenters. The van der Waals surface area contributed by atoms with E-state index in [9.17, 15) is 5.11 Å². The van der Waals surface area contributed by atoms with Crippen LogP contribution in [0.3, 0.4) is 0 Å². The highest BCUT2D eigenvalue weighted by molar-refractivity contribution is 7.09. The molecule has 17 heavy (non-hydrogen) atoms. The summed E-state index contributed by atoms with van der Waals surface area (Å²) in [7, 11) is 0. The van der Waals surface area contributed by atoms with Gasteiger partial charge in [-0.3, -0.25) is 0 Å². The molecule has 0 bridgehead atoms. The third-order valence-corrected chi connectivity index (χ3v) is 3.69. The number of hydrogen-bond acceptors (Lipinski definition) is 4. The Morgan fingerprint density at radius 1 is 1.35 bits per heavy atom. The molecule has 98 valence electrons. The van der Waals surface area contributed by atoms with Crippen LogP contribution < -0.4 is 5.32 Å². The Kier molecular flexibility index (Phi) is 6.09. The quantitative estimate of drug-likeness (QED) is 0.788. The van der Waals surface area contributed by atoms with Gasteiger partial charge in [-0.1, -0.05) is 27.7 Å². The molecule has 3 nitrogen and oxygen atoms in total. The largest absolute Gasteiger partial charge is 0.392 e. The van der Waals surface area contributed by atoms with Crippen LogP contribution >= 0.6 is 11.3 Å². The van der Waals surface area contributed by atoms with E-state index in [1.54, 1.807) is 11.3 Å². The van der Waals surface area contributed by atoms with E-state index in [0.717, 1.165) is 18.7 Å². The van der Waals surface area contributed by atoms with Crippen molar-refractivity contribution in [2.45, 2.75) is 52.7 Å². The van der Waals surface area contributed by atoms with Crippen LogP contribution in [0.25, 0.3) is 0 Å². The second-order valence-electron chi connectivity index (χ2n) is 5.25. The zero-order valence-electron chi connectivity index (χ0n) is 11.2. The van der Waals surface area contributed by atoms with Crippen molar-refractivity contribution >= 4 is 11.3 Å². The Balaban J connectivity index is 2.26. The van der Waals surface area contributed by atoms with Crippen LogP contribution in [0.15, 0.2) is 5.38 Å². The van der Waals surface area contributed by atoms with Crippen molar-refractivity contribution in [3.05, 3.63) is 16.1 Å². The number of thiazole rings is 1. The fraction of sp³-hybridized carbons (Fsp3) is 0.769. The Morgan fingerprint density at radius 2 is 2.06 bits per heavy atom. The van der Waals surface area contributed by atoms with Crippen molar-refractivity contribution in [2.24, 2.45) is 5.92 Å². The lowest BCUT2D eigenvalue weighted by molar-refractivity contribution is 0.146. The van der Waals surface area contributed by atoms with E-state index >= 15 is 0 Å². The van der Waals surface area contributed by atoms with Crippen LogP contribution in [0.1, 0.15) is 50.7 Å². The Morgan fingerprint density at radius 3 is 2.59 bits per heavy atom. The number of nitrogens with zero attached hydrogens (tertiary/aromatic N) is 1. The fourth-order valence-electron chi connectivity index (χ4n) is 1.66. The number of nitrogens with one attached hydrogen (secondary N) is 1. The molecule has 1 heterocycles. The molecule has 0 aliphatic rings. The maximum Gasteiger partial charge on any atom is 0.0954 e. The average molecular weight is 256 g/mol. The second kappa shape index (κ2) is 7.09. The monoisotopic (exact) mass is 256 g/mol. The molecular formula is C13H24N2OS. The zero-order chi connectivity index (χ0) is 12.8. The number of aromatic nitrogens is 1. The van der Waals surface area contributed by atoms with Gasteiger partial charge in [-0.25, -0.2) is 4.98 Å². The van der Waals surface area contributed by atoms with Gasteiger partial charge in [0.15, 0.2) is 0 Å². The van der Waals surface area contributed by atoms with Crippen molar-refractivity contribution < 1.29 is 5.11 Å². The van der Waals surface area contributed by atoms with Gasteiger partial charge < -0.3 is 10.4 Å². The standard InChI is InChI=1S/C13H24N2OS/c1-9(2)5-12(16)7-14-6-11-8-17-13(15-11)10(3)4/h8-10,12,14,16H,5-7H2,1-4H3. The van der Waals surface area contributed by atoms with E-state index in [0.29, 0.717) is 18.4 Å².